The highest BCUT2D eigenvalue weighted by Gasteiger charge is 2.37. The summed E-state index contributed by atoms with van der Waals surface area (Å²) in [6.07, 6.45) is 13.1. The quantitative estimate of drug-likeness (QED) is 0.726. The topological polar surface area (TPSA) is 84.2 Å². The van der Waals surface area contributed by atoms with Crippen molar-refractivity contribution in [3.8, 4) is 0 Å². The van der Waals surface area contributed by atoms with Crippen LogP contribution < -0.4 is 16.4 Å². The maximum absolute atomic E-state index is 12.2. The Balaban J connectivity index is 1.79. The molecular weight excluding hydrogens is 278 g/mol. The second-order valence-electron chi connectivity index (χ2n) is 6.97. The molecule has 2 aliphatic carbocycles. The van der Waals surface area contributed by atoms with Crippen molar-refractivity contribution in [3.05, 3.63) is 0 Å². The van der Waals surface area contributed by atoms with E-state index >= 15 is 0 Å². The molecule has 22 heavy (non-hydrogen) atoms. The summed E-state index contributed by atoms with van der Waals surface area (Å²) < 4.78 is 0. The van der Waals surface area contributed by atoms with E-state index in [9.17, 15) is 9.59 Å². The SMILES string of the molecule is NC(=O)C1(NCC(=O)NC2CCCCCCC2)CCCCC1. The predicted octanol–water partition coefficient (Wildman–Crippen LogP) is 1.99. The van der Waals surface area contributed by atoms with Crippen LogP contribution in [-0.4, -0.2) is 29.9 Å². The summed E-state index contributed by atoms with van der Waals surface area (Å²) in [6, 6.07) is 0.297. The molecular formula is C17H31N3O2. The second kappa shape index (κ2) is 8.51. The fourth-order valence-electron chi connectivity index (χ4n) is 3.79. The highest BCUT2D eigenvalue weighted by Crippen LogP contribution is 2.27. The van der Waals surface area contributed by atoms with Gasteiger partial charge in [0.2, 0.25) is 11.8 Å². The number of nitrogens with one attached hydrogen (secondary N) is 2. The van der Waals surface area contributed by atoms with Crippen molar-refractivity contribution in [2.45, 2.75) is 88.6 Å². The van der Waals surface area contributed by atoms with Crippen LogP contribution in [0, 0.1) is 0 Å². The molecule has 0 radical (unpaired) electrons. The van der Waals surface area contributed by atoms with Crippen molar-refractivity contribution in [1.82, 2.24) is 10.6 Å². The summed E-state index contributed by atoms with van der Waals surface area (Å²) in [5.74, 6) is -0.317. The van der Waals surface area contributed by atoms with E-state index in [-0.39, 0.29) is 18.4 Å². The van der Waals surface area contributed by atoms with Crippen molar-refractivity contribution in [1.29, 1.82) is 0 Å². The number of nitrogens with two attached hydrogens (primary N) is 1. The van der Waals surface area contributed by atoms with Gasteiger partial charge in [-0.15, -0.1) is 0 Å². The van der Waals surface area contributed by atoms with Crippen LogP contribution in [0.1, 0.15) is 77.0 Å². The summed E-state index contributed by atoms with van der Waals surface area (Å²) >= 11 is 0. The summed E-state index contributed by atoms with van der Waals surface area (Å²) in [6.45, 7) is 0.194. The third-order valence-electron chi connectivity index (χ3n) is 5.24. The molecule has 0 unspecified atom stereocenters. The average molecular weight is 309 g/mol. The van der Waals surface area contributed by atoms with Crippen molar-refractivity contribution >= 4 is 11.8 Å². The van der Waals surface area contributed by atoms with Crippen molar-refractivity contribution in [2.24, 2.45) is 5.73 Å². The van der Waals surface area contributed by atoms with Gasteiger partial charge in [-0.1, -0.05) is 51.4 Å². The molecule has 4 N–H and O–H groups in total. The third-order valence-corrected chi connectivity index (χ3v) is 5.24. The molecule has 5 heteroatoms. The average Bonchev–Trinajstić information content (AvgIpc) is 2.48. The number of hydrogen-bond acceptors (Lipinski definition) is 3. The van der Waals surface area contributed by atoms with E-state index in [0.717, 1.165) is 44.9 Å². The molecule has 0 atom stereocenters. The lowest BCUT2D eigenvalue weighted by molar-refractivity contribution is -0.127. The zero-order valence-corrected chi connectivity index (χ0v) is 13.7. The van der Waals surface area contributed by atoms with Gasteiger partial charge in [0, 0.05) is 6.04 Å². The van der Waals surface area contributed by atoms with Crippen molar-refractivity contribution < 1.29 is 9.59 Å². The van der Waals surface area contributed by atoms with E-state index in [2.05, 4.69) is 10.6 Å². The van der Waals surface area contributed by atoms with Gasteiger partial charge in [-0.25, -0.2) is 0 Å². The molecule has 0 aromatic carbocycles. The van der Waals surface area contributed by atoms with E-state index in [0.29, 0.717) is 6.04 Å². The van der Waals surface area contributed by atoms with Gasteiger partial charge >= 0.3 is 0 Å². The molecule has 2 fully saturated rings. The lowest BCUT2D eigenvalue weighted by Crippen LogP contribution is -2.58. The summed E-state index contributed by atoms with van der Waals surface area (Å²) in [5.41, 5.74) is 4.91. The zero-order valence-electron chi connectivity index (χ0n) is 13.7. The van der Waals surface area contributed by atoms with Gasteiger partial charge in [-0.3, -0.25) is 14.9 Å². The van der Waals surface area contributed by atoms with E-state index in [1.807, 2.05) is 0 Å². The van der Waals surface area contributed by atoms with E-state index in [1.165, 1.54) is 32.1 Å². The van der Waals surface area contributed by atoms with E-state index in [1.54, 1.807) is 0 Å². The second-order valence-corrected chi connectivity index (χ2v) is 6.97. The van der Waals surface area contributed by atoms with Gasteiger partial charge in [-0.2, -0.15) is 0 Å². The molecule has 0 aromatic rings. The largest absolute Gasteiger partial charge is 0.368 e. The normalized spacial score (nSPS) is 23.3. The Bertz CT molecular complexity index is 370. The molecule has 2 saturated carbocycles. The van der Waals surface area contributed by atoms with Crippen LogP contribution in [0.4, 0.5) is 0 Å². The molecule has 5 nitrogen and oxygen atoms in total. The van der Waals surface area contributed by atoms with Crippen molar-refractivity contribution in [2.75, 3.05) is 6.54 Å². The monoisotopic (exact) mass is 309 g/mol. The van der Waals surface area contributed by atoms with Gasteiger partial charge < -0.3 is 11.1 Å². The molecule has 0 bridgehead atoms. The van der Waals surface area contributed by atoms with Crippen LogP contribution in [0.3, 0.4) is 0 Å². The van der Waals surface area contributed by atoms with Crippen LogP contribution in [0.15, 0.2) is 0 Å². The first-order valence-corrected chi connectivity index (χ1v) is 8.97. The van der Waals surface area contributed by atoms with Gasteiger partial charge in [0.1, 0.15) is 0 Å². The number of carbonyl (C=O) groups is 2. The smallest absolute Gasteiger partial charge is 0.237 e. The standard InChI is InChI=1S/C17H31N3O2/c18-16(22)17(11-7-4-8-12-17)19-13-15(21)20-14-9-5-2-1-3-6-10-14/h14,19H,1-13H2,(H2,18,22)(H,20,21). The molecule has 0 aromatic heterocycles. The molecule has 0 spiro atoms. The van der Waals surface area contributed by atoms with E-state index in [4.69, 9.17) is 5.73 Å². The number of hydrogen-bond donors (Lipinski definition) is 3. The Morgan fingerprint density at radius 3 is 2.05 bits per heavy atom. The van der Waals surface area contributed by atoms with E-state index < -0.39 is 5.54 Å². The van der Waals surface area contributed by atoms with Crippen LogP contribution in [-0.2, 0) is 9.59 Å². The Morgan fingerprint density at radius 1 is 0.909 bits per heavy atom. The first-order chi connectivity index (χ1) is 10.6. The highest BCUT2D eigenvalue weighted by atomic mass is 16.2. The van der Waals surface area contributed by atoms with Crippen LogP contribution in [0.5, 0.6) is 0 Å². The lowest BCUT2D eigenvalue weighted by atomic mass is 9.81. The summed E-state index contributed by atoms with van der Waals surface area (Å²) in [5, 5.41) is 6.29. The molecule has 0 heterocycles. The molecule has 2 aliphatic rings. The third kappa shape index (κ3) is 4.97. The highest BCUT2D eigenvalue weighted by molar-refractivity contribution is 5.86. The van der Waals surface area contributed by atoms with Crippen LogP contribution in [0.25, 0.3) is 0 Å². The predicted molar refractivity (Wildman–Crippen MR) is 87.3 cm³/mol. The summed E-state index contributed by atoms with van der Waals surface area (Å²) in [4.78, 5) is 24.0. The van der Waals surface area contributed by atoms with Gasteiger partial charge in [-0.05, 0) is 25.7 Å². The number of rotatable bonds is 5. The summed E-state index contributed by atoms with van der Waals surface area (Å²) in [7, 11) is 0. The first-order valence-electron chi connectivity index (χ1n) is 8.97. The first kappa shape index (κ1) is 17.3. The van der Waals surface area contributed by atoms with Crippen LogP contribution >= 0.6 is 0 Å². The number of carbonyl (C=O) groups excluding carboxylic acids is 2. The minimum atomic E-state index is -0.670. The fraction of sp³-hybridized carbons (Fsp3) is 0.882. The maximum Gasteiger partial charge on any atom is 0.237 e. The van der Waals surface area contributed by atoms with Crippen molar-refractivity contribution in [3.63, 3.8) is 0 Å². The minimum absolute atomic E-state index is 0.00299. The number of amides is 2. The lowest BCUT2D eigenvalue weighted by Gasteiger charge is -2.35. The number of primary amides is 1. The molecule has 126 valence electrons. The van der Waals surface area contributed by atoms with Gasteiger partial charge in [0.15, 0.2) is 0 Å². The minimum Gasteiger partial charge on any atom is -0.368 e. The fourth-order valence-corrected chi connectivity index (χ4v) is 3.79. The van der Waals surface area contributed by atoms with Crippen LogP contribution in [0.2, 0.25) is 0 Å². The molecule has 0 aliphatic heterocycles. The maximum atomic E-state index is 12.2. The Hall–Kier alpha value is -1.10. The zero-order chi connectivity index (χ0) is 15.8. The van der Waals surface area contributed by atoms with Gasteiger partial charge in [0.25, 0.3) is 0 Å². The molecule has 2 rings (SSSR count). The Kier molecular flexibility index (Phi) is 6.68. The molecule has 0 saturated heterocycles. The van der Waals surface area contributed by atoms with Gasteiger partial charge in [0.05, 0.1) is 12.1 Å². The Labute approximate surface area is 133 Å². The Morgan fingerprint density at radius 2 is 1.45 bits per heavy atom. The molecule has 2 amide bonds.